The molecule has 2 aromatic rings. The molecule has 0 N–H and O–H groups in total. The summed E-state index contributed by atoms with van der Waals surface area (Å²) in [4.78, 5) is 20.6. The van der Waals surface area contributed by atoms with Crippen molar-refractivity contribution < 1.29 is 14.5 Å². The van der Waals surface area contributed by atoms with Gasteiger partial charge in [0.15, 0.2) is 7.11 Å². The molecule has 0 fully saturated rings. The number of aromatic nitrogens is 1. The van der Waals surface area contributed by atoms with Gasteiger partial charge in [0.1, 0.15) is 5.75 Å². The van der Waals surface area contributed by atoms with E-state index in [1.165, 1.54) is 7.11 Å². The van der Waals surface area contributed by atoms with Gasteiger partial charge in [-0.2, -0.15) is 0 Å². The van der Waals surface area contributed by atoms with Crippen molar-refractivity contribution in [2.24, 2.45) is 0 Å². The Balaban J connectivity index is 2.35. The van der Waals surface area contributed by atoms with Crippen molar-refractivity contribution >= 4 is 5.69 Å². The molecule has 1 heterocycles. The molecule has 2 rings (SSSR count). The van der Waals surface area contributed by atoms with E-state index in [0.29, 0.717) is 22.2 Å². The summed E-state index contributed by atoms with van der Waals surface area (Å²) in [6, 6.07) is 8.88. The van der Waals surface area contributed by atoms with Crippen molar-refractivity contribution in [1.29, 1.82) is 0 Å². The smallest absolute Gasteiger partial charge is 0.317 e. The van der Waals surface area contributed by atoms with Crippen LogP contribution in [0.2, 0.25) is 0 Å². The maximum absolute atomic E-state index is 11.4. The van der Waals surface area contributed by atoms with Gasteiger partial charge in [0.2, 0.25) is 5.88 Å². The Hall–Kier alpha value is -2.43. The third-order valence-corrected chi connectivity index (χ3v) is 2.67. The molecule has 19 heavy (non-hydrogen) atoms. The summed E-state index contributed by atoms with van der Waals surface area (Å²) < 4.78 is 5.74. The van der Waals surface area contributed by atoms with Crippen molar-refractivity contribution in [3.8, 4) is 11.6 Å². The number of aryl methyl sites for hydroxylation is 2. The van der Waals surface area contributed by atoms with Gasteiger partial charge in [0.25, 0.3) is 4.92 Å². The molecule has 0 saturated carbocycles. The van der Waals surface area contributed by atoms with Crippen LogP contribution in [0.15, 0.2) is 36.5 Å². The molecule has 1 aromatic carbocycles. The highest BCUT2D eigenvalue weighted by Gasteiger charge is 2.19. The second kappa shape index (κ2) is 5.48. The van der Waals surface area contributed by atoms with E-state index in [4.69, 9.17) is 4.74 Å². The van der Waals surface area contributed by atoms with Crippen LogP contribution in [0.3, 0.4) is 0 Å². The van der Waals surface area contributed by atoms with Crippen molar-refractivity contribution in [3.05, 3.63) is 52.6 Å². The molecule has 98 valence electrons. The van der Waals surface area contributed by atoms with Gasteiger partial charge >= 0.3 is 5.69 Å². The fourth-order valence-electron chi connectivity index (χ4n) is 1.81. The Labute approximate surface area is 111 Å². The van der Waals surface area contributed by atoms with Crippen LogP contribution in [-0.2, 0) is 4.84 Å². The standard InChI is InChI=1S/C14H15N2O3/c1-10-8-12(16(17)18-3)9-11(2)14(10)19-13-6-4-5-7-15-13/h4-9H,1-3H3/q+1. The zero-order chi connectivity index (χ0) is 13.8. The van der Waals surface area contributed by atoms with Gasteiger partial charge in [-0.25, -0.2) is 9.82 Å². The van der Waals surface area contributed by atoms with E-state index in [0.717, 1.165) is 11.1 Å². The first-order chi connectivity index (χ1) is 9.11. The highest BCUT2D eigenvalue weighted by Crippen LogP contribution is 2.31. The predicted molar refractivity (Wildman–Crippen MR) is 70.5 cm³/mol. The minimum absolute atomic E-state index is 0.436. The van der Waals surface area contributed by atoms with Crippen LogP contribution in [0.1, 0.15) is 11.1 Å². The highest BCUT2D eigenvalue weighted by molar-refractivity contribution is 5.49. The van der Waals surface area contributed by atoms with Gasteiger partial charge in [-0.1, -0.05) is 6.07 Å². The van der Waals surface area contributed by atoms with Crippen LogP contribution in [-0.4, -0.2) is 17.0 Å². The molecule has 0 radical (unpaired) electrons. The third-order valence-electron chi connectivity index (χ3n) is 2.67. The van der Waals surface area contributed by atoms with Crippen LogP contribution in [0.25, 0.3) is 0 Å². The quantitative estimate of drug-likeness (QED) is 0.789. The molecule has 0 aliphatic heterocycles. The summed E-state index contributed by atoms with van der Waals surface area (Å²) in [5.74, 6) is 1.22. The maximum atomic E-state index is 11.4. The number of ether oxygens (including phenoxy) is 1. The summed E-state index contributed by atoms with van der Waals surface area (Å²) >= 11 is 0. The minimum Gasteiger partial charge on any atom is -0.438 e. The number of rotatable bonds is 4. The Kier molecular flexibility index (Phi) is 3.75. The molecule has 5 nitrogen and oxygen atoms in total. The molecule has 0 spiro atoms. The second-order valence-electron chi connectivity index (χ2n) is 4.12. The Morgan fingerprint density at radius 1 is 1.16 bits per heavy atom. The first-order valence-electron chi connectivity index (χ1n) is 5.83. The van der Waals surface area contributed by atoms with Gasteiger partial charge in [-0.15, -0.1) is 0 Å². The molecule has 0 bridgehead atoms. The largest absolute Gasteiger partial charge is 0.438 e. The zero-order valence-corrected chi connectivity index (χ0v) is 11.1. The van der Waals surface area contributed by atoms with Gasteiger partial charge in [-0.05, 0) is 31.0 Å². The lowest BCUT2D eigenvalue weighted by atomic mass is 10.1. The van der Waals surface area contributed by atoms with E-state index in [9.17, 15) is 4.91 Å². The molecule has 0 saturated heterocycles. The Morgan fingerprint density at radius 2 is 1.84 bits per heavy atom. The minimum atomic E-state index is 0.436. The number of hydrogen-bond donors (Lipinski definition) is 0. The van der Waals surface area contributed by atoms with Gasteiger partial charge in [0.05, 0.1) is 4.91 Å². The summed E-state index contributed by atoms with van der Waals surface area (Å²) in [7, 11) is 1.33. The number of hydrogen-bond acceptors (Lipinski definition) is 4. The Bertz CT molecular complexity index is 574. The summed E-state index contributed by atoms with van der Waals surface area (Å²) in [5.41, 5.74) is 2.13. The topological polar surface area (TPSA) is 51.4 Å². The molecular formula is C14H15N2O3+. The second-order valence-corrected chi connectivity index (χ2v) is 4.12. The maximum Gasteiger partial charge on any atom is 0.317 e. The van der Waals surface area contributed by atoms with Gasteiger partial charge in [0, 0.05) is 24.4 Å². The van der Waals surface area contributed by atoms with Crippen LogP contribution in [0, 0.1) is 18.8 Å². The lowest BCUT2D eigenvalue weighted by Crippen LogP contribution is -2.00. The molecule has 5 heteroatoms. The van der Waals surface area contributed by atoms with E-state index < -0.39 is 0 Å². The van der Waals surface area contributed by atoms with Crippen molar-refractivity contribution in [2.75, 3.05) is 7.11 Å². The predicted octanol–water partition coefficient (Wildman–Crippen LogP) is 3.46. The van der Waals surface area contributed by atoms with Crippen LogP contribution in [0.4, 0.5) is 5.69 Å². The SMILES string of the molecule is CO[N+](=O)c1cc(C)c(Oc2ccccn2)c(C)c1. The van der Waals surface area contributed by atoms with Crippen molar-refractivity contribution in [2.45, 2.75) is 13.8 Å². The van der Waals surface area contributed by atoms with Gasteiger partial charge < -0.3 is 4.74 Å². The zero-order valence-electron chi connectivity index (χ0n) is 11.1. The normalized spacial score (nSPS) is 10.1. The fraction of sp³-hybridized carbons (Fsp3) is 0.214. The lowest BCUT2D eigenvalue weighted by Gasteiger charge is -2.10. The average Bonchev–Trinajstić information content (AvgIpc) is 2.43. The summed E-state index contributed by atoms with van der Waals surface area (Å²) in [6.07, 6.45) is 1.67. The molecule has 0 aliphatic carbocycles. The van der Waals surface area contributed by atoms with Crippen molar-refractivity contribution in [1.82, 2.24) is 4.98 Å². The average molecular weight is 259 g/mol. The Morgan fingerprint density at radius 3 is 2.37 bits per heavy atom. The number of pyridine rings is 1. The fourth-order valence-corrected chi connectivity index (χ4v) is 1.81. The molecule has 0 aliphatic rings. The summed E-state index contributed by atoms with van der Waals surface area (Å²) in [6.45, 7) is 3.75. The van der Waals surface area contributed by atoms with E-state index in [1.54, 1.807) is 24.4 Å². The monoisotopic (exact) mass is 259 g/mol. The molecular weight excluding hydrogens is 244 g/mol. The van der Waals surface area contributed by atoms with E-state index in [-0.39, 0.29) is 0 Å². The first kappa shape index (κ1) is 13.0. The van der Waals surface area contributed by atoms with E-state index in [1.807, 2.05) is 26.0 Å². The van der Waals surface area contributed by atoms with Crippen LogP contribution in [0.5, 0.6) is 11.6 Å². The number of nitrogens with zero attached hydrogens (tertiary/aromatic N) is 2. The summed E-state index contributed by atoms with van der Waals surface area (Å²) in [5, 5.41) is 0. The molecule has 0 unspecified atom stereocenters. The van der Waals surface area contributed by atoms with E-state index in [2.05, 4.69) is 9.82 Å². The molecule has 0 atom stereocenters. The molecule has 1 aromatic heterocycles. The lowest BCUT2D eigenvalue weighted by molar-refractivity contribution is -0.736. The third kappa shape index (κ3) is 2.88. The number of benzene rings is 1. The van der Waals surface area contributed by atoms with Crippen LogP contribution >= 0.6 is 0 Å². The van der Waals surface area contributed by atoms with Crippen LogP contribution < -0.4 is 4.74 Å². The highest BCUT2D eigenvalue weighted by atomic mass is 16.8. The van der Waals surface area contributed by atoms with Crippen molar-refractivity contribution in [3.63, 3.8) is 0 Å². The first-order valence-corrected chi connectivity index (χ1v) is 5.83. The van der Waals surface area contributed by atoms with Gasteiger partial charge in [-0.3, -0.25) is 0 Å². The molecule has 0 amide bonds. The van der Waals surface area contributed by atoms with E-state index >= 15 is 0 Å².